The third-order valence-electron chi connectivity index (χ3n) is 4.26. The quantitative estimate of drug-likeness (QED) is 0.648. The molecule has 2 rings (SSSR count). The number of hydrogen-bond acceptors (Lipinski definition) is 2. The predicted molar refractivity (Wildman–Crippen MR) is 63.0 cm³/mol. The molecule has 0 aromatic rings. The van der Waals surface area contributed by atoms with Gasteiger partial charge in [0.05, 0.1) is 0 Å². The fourth-order valence-electron chi connectivity index (χ4n) is 3.33. The van der Waals surface area contributed by atoms with Gasteiger partial charge < -0.3 is 4.74 Å². The number of ether oxygens (including phenoxy) is 1. The Kier molecular flexibility index (Phi) is 2.91. The minimum Gasteiger partial charge on any atom is -0.370 e. The number of piperidine rings is 1. The molecule has 0 amide bonds. The largest absolute Gasteiger partial charge is 0.370 e. The summed E-state index contributed by atoms with van der Waals surface area (Å²) in [5.74, 6) is 0. The second-order valence-electron chi connectivity index (χ2n) is 4.99. The second kappa shape index (κ2) is 3.91. The minimum absolute atomic E-state index is 0.103. The monoisotopic (exact) mass is 209 g/mol. The number of fused-ring (bicyclic) bond motifs is 1. The van der Waals surface area contributed by atoms with Gasteiger partial charge in [-0.25, -0.2) is 0 Å². The summed E-state index contributed by atoms with van der Waals surface area (Å²) in [5, 5.41) is 0. The van der Waals surface area contributed by atoms with E-state index in [1.54, 1.807) is 0 Å². The molecule has 2 fully saturated rings. The highest BCUT2D eigenvalue weighted by Crippen LogP contribution is 2.43. The first-order chi connectivity index (χ1) is 7.11. The first-order valence-corrected chi connectivity index (χ1v) is 6.20. The van der Waals surface area contributed by atoms with Crippen molar-refractivity contribution in [1.29, 1.82) is 0 Å². The molecule has 15 heavy (non-hydrogen) atoms. The Labute approximate surface area is 93.3 Å². The van der Waals surface area contributed by atoms with Crippen molar-refractivity contribution in [3.05, 3.63) is 12.2 Å². The van der Waals surface area contributed by atoms with Gasteiger partial charge >= 0.3 is 0 Å². The average molecular weight is 209 g/mol. The average Bonchev–Trinajstić information content (AvgIpc) is 2.43. The molecule has 0 aliphatic carbocycles. The lowest BCUT2D eigenvalue weighted by Crippen LogP contribution is -2.47. The molecule has 2 aliphatic heterocycles. The highest BCUT2D eigenvalue weighted by Gasteiger charge is 2.51. The molecule has 3 atom stereocenters. The van der Waals surface area contributed by atoms with Gasteiger partial charge in [-0.15, -0.1) is 0 Å². The van der Waals surface area contributed by atoms with Gasteiger partial charge in [-0.1, -0.05) is 13.0 Å². The maximum Gasteiger partial charge on any atom is 0.103 e. The Morgan fingerprint density at radius 3 is 2.93 bits per heavy atom. The van der Waals surface area contributed by atoms with E-state index in [0.29, 0.717) is 12.1 Å². The van der Waals surface area contributed by atoms with Crippen LogP contribution in [0.2, 0.25) is 0 Å². The SMILES string of the molecule is C=C1C(C)N2CCCCC2C1(C)OCC. The van der Waals surface area contributed by atoms with Crippen molar-refractivity contribution in [2.24, 2.45) is 0 Å². The smallest absolute Gasteiger partial charge is 0.103 e. The lowest BCUT2D eigenvalue weighted by atomic mass is 9.87. The van der Waals surface area contributed by atoms with Crippen LogP contribution in [-0.2, 0) is 4.74 Å². The number of rotatable bonds is 2. The summed E-state index contributed by atoms with van der Waals surface area (Å²) in [6, 6.07) is 1.06. The van der Waals surface area contributed by atoms with Crippen molar-refractivity contribution in [2.75, 3.05) is 13.2 Å². The summed E-state index contributed by atoms with van der Waals surface area (Å²) in [5.41, 5.74) is 1.17. The maximum atomic E-state index is 6.00. The van der Waals surface area contributed by atoms with Gasteiger partial charge in [-0.05, 0) is 45.7 Å². The van der Waals surface area contributed by atoms with Crippen LogP contribution in [0, 0.1) is 0 Å². The molecule has 2 heterocycles. The van der Waals surface area contributed by atoms with E-state index in [-0.39, 0.29) is 5.60 Å². The first kappa shape index (κ1) is 11.2. The van der Waals surface area contributed by atoms with Crippen LogP contribution in [0.3, 0.4) is 0 Å². The van der Waals surface area contributed by atoms with Crippen LogP contribution in [0.4, 0.5) is 0 Å². The molecule has 0 bridgehead atoms. The van der Waals surface area contributed by atoms with E-state index >= 15 is 0 Å². The Balaban J connectivity index is 2.26. The summed E-state index contributed by atoms with van der Waals surface area (Å²) < 4.78 is 6.00. The van der Waals surface area contributed by atoms with E-state index < -0.39 is 0 Å². The molecule has 0 spiro atoms. The zero-order valence-corrected chi connectivity index (χ0v) is 10.3. The van der Waals surface area contributed by atoms with Crippen LogP contribution in [0.25, 0.3) is 0 Å². The van der Waals surface area contributed by atoms with Crippen LogP contribution in [-0.4, -0.2) is 35.7 Å². The van der Waals surface area contributed by atoms with Crippen LogP contribution in [0.15, 0.2) is 12.2 Å². The lowest BCUT2D eigenvalue weighted by molar-refractivity contribution is -0.0397. The van der Waals surface area contributed by atoms with E-state index in [1.165, 1.54) is 31.4 Å². The highest BCUT2D eigenvalue weighted by molar-refractivity contribution is 5.29. The molecule has 2 aliphatic rings. The van der Waals surface area contributed by atoms with E-state index in [0.717, 1.165) is 6.61 Å². The minimum atomic E-state index is -0.103. The van der Waals surface area contributed by atoms with E-state index in [4.69, 9.17) is 4.74 Å². The first-order valence-electron chi connectivity index (χ1n) is 6.20. The zero-order valence-electron chi connectivity index (χ0n) is 10.3. The molecule has 0 aromatic carbocycles. The van der Waals surface area contributed by atoms with Gasteiger partial charge in [-0.2, -0.15) is 0 Å². The summed E-state index contributed by atoms with van der Waals surface area (Å²) in [7, 11) is 0. The zero-order chi connectivity index (χ0) is 11.1. The molecule has 2 nitrogen and oxygen atoms in total. The topological polar surface area (TPSA) is 12.5 Å². The normalized spacial score (nSPS) is 41.9. The van der Waals surface area contributed by atoms with Crippen LogP contribution in [0.1, 0.15) is 40.0 Å². The summed E-state index contributed by atoms with van der Waals surface area (Å²) >= 11 is 0. The lowest BCUT2D eigenvalue weighted by Gasteiger charge is -2.38. The number of nitrogens with zero attached hydrogens (tertiary/aromatic N) is 1. The third kappa shape index (κ3) is 1.55. The Morgan fingerprint density at radius 1 is 1.53 bits per heavy atom. The van der Waals surface area contributed by atoms with Gasteiger partial charge in [0, 0.05) is 18.7 Å². The molecule has 0 N–H and O–H groups in total. The molecular weight excluding hydrogens is 186 g/mol. The van der Waals surface area contributed by atoms with Crippen molar-refractivity contribution in [3.63, 3.8) is 0 Å². The van der Waals surface area contributed by atoms with Gasteiger partial charge in [0.1, 0.15) is 5.60 Å². The van der Waals surface area contributed by atoms with Crippen molar-refractivity contribution in [1.82, 2.24) is 4.90 Å². The molecule has 86 valence electrons. The molecule has 0 radical (unpaired) electrons. The van der Waals surface area contributed by atoms with Crippen LogP contribution < -0.4 is 0 Å². The van der Waals surface area contributed by atoms with Crippen molar-refractivity contribution < 1.29 is 4.74 Å². The van der Waals surface area contributed by atoms with Gasteiger partial charge in [-0.3, -0.25) is 4.90 Å². The standard InChI is InChI=1S/C13H23NO/c1-5-15-13(4)10(2)11(3)14-9-7-6-8-12(13)14/h11-12H,2,5-9H2,1,3-4H3. The fraction of sp³-hybridized carbons (Fsp3) is 0.846. The Morgan fingerprint density at radius 2 is 2.27 bits per heavy atom. The summed E-state index contributed by atoms with van der Waals surface area (Å²) in [6.07, 6.45) is 3.93. The van der Waals surface area contributed by atoms with Crippen molar-refractivity contribution >= 4 is 0 Å². The van der Waals surface area contributed by atoms with Gasteiger partial charge in [0.15, 0.2) is 0 Å². The molecular formula is C13H23NO. The maximum absolute atomic E-state index is 6.00. The van der Waals surface area contributed by atoms with E-state index in [1.807, 2.05) is 0 Å². The second-order valence-corrected chi connectivity index (χ2v) is 4.99. The molecule has 2 saturated heterocycles. The molecule has 0 saturated carbocycles. The summed E-state index contributed by atoms with van der Waals surface area (Å²) in [4.78, 5) is 2.58. The van der Waals surface area contributed by atoms with E-state index in [9.17, 15) is 0 Å². The predicted octanol–water partition coefficient (Wildman–Crippen LogP) is 2.59. The van der Waals surface area contributed by atoms with Crippen molar-refractivity contribution in [3.8, 4) is 0 Å². The highest BCUT2D eigenvalue weighted by atomic mass is 16.5. The third-order valence-corrected chi connectivity index (χ3v) is 4.26. The van der Waals surface area contributed by atoms with Crippen LogP contribution >= 0.6 is 0 Å². The van der Waals surface area contributed by atoms with Gasteiger partial charge in [0.2, 0.25) is 0 Å². The fourth-order valence-corrected chi connectivity index (χ4v) is 3.33. The van der Waals surface area contributed by atoms with E-state index in [2.05, 4.69) is 32.3 Å². The Hall–Kier alpha value is -0.340. The molecule has 0 aromatic heterocycles. The summed E-state index contributed by atoms with van der Waals surface area (Å²) in [6.45, 7) is 12.8. The van der Waals surface area contributed by atoms with Crippen LogP contribution in [0.5, 0.6) is 0 Å². The van der Waals surface area contributed by atoms with Gasteiger partial charge in [0.25, 0.3) is 0 Å². The van der Waals surface area contributed by atoms with Crippen molar-refractivity contribution in [2.45, 2.75) is 57.7 Å². The Bertz CT molecular complexity index is 263. The number of hydrogen-bond donors (Lipinski definition) is 0. The molecule has 3 unspecified atom stereocenters. The molecule has 2 heteroatoms.